The highest BCUT2D eigenvalue weighted by molar-refractivity contribution is 7.21. The maximum absolute atomic E-state index is 14.1. The third kappa shape index (κ3) is 4.97. The van der Waals surface area contributed by atoms with Gasteiger partial charge in [-0.1, -0.05) is 6.07 Å². The minimum absolute atomic E-state index is 0.122. The third-order valence-corrected chi connectivity index (χ3v) is 7.59. The Kier molecular flexibility index (Phi) is 6.99. The Morgan fingerprint density at radius 1 is 1.08 bits per heavy atom. The SMILES string of the molecule is Cc1cc2sc(-c3c(C)nc(NCc4c(F)cccc4F)nc3NC3CC(CO)C(O)C3O)nc2cn1. The molecular weight excluding hydrogens is 502 g/mol. The Bertz CT molecular complexity index is 1430. The summed E-state index contributed by atoms with van der Waals surface area (Å²) in [5, 5.41) is 37.2. The molecule has 37 heavy (non-hydrogen) atoms. The topological polar surface area (TPSA) is 136 Å². The Balaban J connectivity index is 1.53. The Labute approximate surface area is 215 Å². The van der Waals surface area contributed by atoms with Crippen molar-refractivity contribution in [3.05, 3.63) is 59.0 Å². The second-order valence-corrected chi connectivity index (χ2v) is 10.2. The number of aliphatic hydroxyl groups excluding tert-OH is 3. The van der Waals surface area contributed by atoms with Gasteiger partial charge < -0.3 is 26.0 Å². The summed E-state index contributed by atoms with van der Waals surface area (Å²) in [7, 11) is 0. The van der Waals surface area contributed by atoms with Gasteiger partial charge in [-0.3, -0.25) is 4.98 Å². The number of nitrogens with zero attached hydrogens (tertiary/aromatic N) is 4. The smallest absolute Gasteiger partial charge is 0.225 e. The molecule has 0 saturated heterocycles. The van der Waals surface area contributed by atoms with Gasteiger partial charge in [0.05, 0.1) is 34.3 Å². The highest BCUT2D eigenvalue weighted by atomic mass is 32.1. The Morgan fingerprint density at radius 2 is 1.84 bits per heavy atom. The number of benzene rings is 1. The molecule has 5 rings (SSSR count). The molecule has 0 aliphatic heterocycles. The van der Waals surface area contributed by atoms with Gasteiger partial charge in [-0.05, 0) is 38.5 Å². The summed E-state index contributed by atoms with van der Waals surface area (Å²) >= 11 is 1.43. The van der Waals surface area contributed by atoms with E-state index in [1.54, 1.807) is 13.1 Å². The number of hydrogen-bond acceptors (Lipinski definition) is 10. The van der Waals surface area contributed by atoms with Crippen molar-refractivity contribution in [3.8, 4) is 10.6 Å². The van der Waals surface area contributed by atoms with E-state index >= 15 is 0 Å². The van der Waals surface area contributed by atoms with E-state index in [9.17, 15) is 24.1 Å². The Hall–Kier alpha value is -3.32. The number of aromatic nitrogens is 4. The fourth-order valence-electron chi connectivity index (χ4n) is 4.54. The molecule has 1 aromatic carbocycles. The largest absolute Gasteiger partial charge is 0.396 e. The van der Waals surface area contributed by atoms with E-state index in [-0.39, 0.29) is 24.7 Å². The summed E-state index contributed by atoms with van der Waals surface area (Å²) in [6, 6.07) is 4.98. The standard InChI is InChI=1S/C25H26F2N6O3S/c1-11-6-19-18(9-28-11)32-24(37-19)20-12(2)30-25(29-8-14-15(26)4-3-5-16(14)27)33-23(20)31-17-7-13(10-34)21(35)22(17)36/h3-6,9,13,17,21-22,34-36H,7-8,10H2,1-2H3,(H2,29,30,31,33). The van der Waals surface area contributed by atoms with Crippen molar-refractivity contribution in [2.24, 2.45) is 5.92 Å². The first-order valence-corrected chi connectivity index (χ1v) is 12.6. The van der Waals surface area contributed by atoms with E-state index in [2.05, 4.69) is 25.6 Å². The predicted octanol–water partition coefficient (Wildman–Crippen LogP) is 3.17. The fraction of sp³-hybridized carbons (Fsp3) is 0.360. The molecule has 4 aromatic rings. The summed E-state index contributed by atoms with van der Waals surface area (Å²) in [6.07, 6.45) is -0.220. The van der Waals surface area contributed by atoms with Crippen molar-refractivity contribution in [2.45, 2.75) is 45.1 Å². The first-order valence-electron chi connectivity index (χ1n) is 11.8. The van der Waals surface area contributed by atoms with Crippen LogP contribution in [0, 0.1) is 31.4 Å². The monoisotopic (exact) mass is 528 g/mol. The highest BCUT2D eigenvalue weighted by Gasteiger charge is 2.41. The van der Waals surface area contributed by atoms with Gasteiger partial charge in [0.25, 0.3) is 0 Å². The molecule has 1 aliphatic carbocycles. The van der Waals surface area contributed by atoms with Gasteiger partial charge in [0.15, 0.2) is 0 Å². The molecule has 1 aliphatic rings. The summed E-state index contributed by atoms with van der Waals surface area (Å²) in [5.41, 5.74) is 2.56. The van der Waals surface area contributed by atoms with Crippen LogP contribution >= 0.6 is 11.3 Å². The number of pyridine rings is 1. The number of aliphatic hydroxyl groups is 3. The normalized spacial score (nSPS) is 21.5. The van der Waals surface area contributed by atoms with Crippen molar-refractivity contribution in [1.29, 1.82) is 0 Å². The molecule has 4 unspecified atom stereocenters. The third-order valence-electron chi connectivity index (χ3n) is 6.56. The minimum atomic E-state index is -1.13. The molecule has 194 valence electrons. The molecule has 4 atom stereocenters. The summed E-state index contributed by atoms with van der Waals surface area (Å²) in [5.74, 6) is -1.40. The van der Waals surface area contributed by atoms with Crippen molar-refractivity contribution < 1.29 is 24.1 Å². The van der Waals surface area contributed by atoms with Crippen molar-refractivity contribution in [2.75, 3.05) is 17.2 Å². The number of thiazole rings is 1. The second kappa shape index (κ2) is 10.2. The van der Waals surface area contributed by atoms with Crippen LogP contribution in [-0.4, -0.2) is 60.1 Å². The minimum Gasteiger partial charge on any atom is -0.396 e. The lowest BCUT2D eigenvalue weighted by molar-refractivity contribution is 0.00446. The van der Waals surface area contributed by atoms with Gasteiger partial charge in [-0.2, -0.15) is 4.98 Å². The quantitative estimate of drug-likeness (QED) is 0.245. The van der Waals surface area contributed by atoms with E-state index in [1.165, 1.54) is 29.5 Å². The molecule has 0 radical (unpaired) electrons. The van der Waals surface area contributed by atoms with Crippen LogP contribution < -0.4 is 10.6 Å². The zero-order valence-corrected chi connectivity index (χ0v) is 20.9. The zero-order chi connectivity index (χ0) is 26.3. The van der Waals surface area contributed by atoms with Crippen molar-refractivity contribution >= 4 is 33.3 Å². The molecule has 0 bridgehead atoms. The summed E-state index contributed by atoms with van der Waals surface area (Å²) in [4.78, 5) is 18.1. The van der Waals surface area contributed by atoms with E-state index in [1.807, 2.05) is 13.0 Å². The highest BCUT2D eigenvalue weighted by Crippen LogP contribution is 2.38. The number of nitrogens with one attached hydrogen (secondary N) is 2. The lowest BCUT2D eigenvalue weighted by Gasteiger charge is -2.21. The van der Waals surface area contributed by atoms with Crippen LogP contribution in [0.2, 0.25) is 0 Å². The van der Waals surface area contributed by atoms with E-state index in [4.69, 9.17) is 4.98 Å². The lowest BCUT2D eigenvalue weighted by Crippen LogP contribution is -2.35. The van der Waals surface area contributed by atoms with Crippen molar-refractivity contribution in [1.82, 2.24) is 19.9 Å². The molecule has 5 N–H and O–H groups in total. The van der Waals surface area contributed by atoms with Crippen LogP contribution in [0.15, 0.2) is 30.5 Å². The fourth-order valence-corrected chi connectivity index (χ4v) is 5.67. The maximum Gasteiger partial charge on any atom is 0.225 e. The van der Waals surface area contributed by atoms with E-state index in [0.717, 1.165) is 10.4 Å². The van der Waals surface area contributed by atoms with Gasteiger partial charge in [-0.25, -0.2) is 18.7 Å². The molecule has 0 amide bonds. The number of anilines is 2. The lowest BCUT2D eigenvalue weighted by atomic mass is 10.1. The van der Waals surface area contributed by atoms with Gasteiger partial charge in [0.1, 0.15) is 34.1 Å². The average Bonchev–Trinajstić information content (AvgIpc) is 3.38. The first kappa shape index (κ1) is 25.3. The number of rotatable bonds is 7. The predicted molar refractivity (Wildman–Crippen MR) is 136 cm³/mol. The first-order chi connectivity index (χ1) is 17.7. The van der Waals surface area contributed by atoms with E-state index in [0.29, 0.717) is 34.0 Å². The number of aryl methyl sites for hydroxylation is 2. The summed E-state index contributed by atoms with van der Waals surface area (Å²) in [6.45, 7) is 3.21. The molecule has 3 aromatic heterocycles. The average molecular weight is 529 g/mol. The molecule has 9 nitrogen and oxygen atoms in total. The van der Waals surface area contributed by atoms with Crippen LogP contribution in [-0.2, 0) is 6.54 Å². The molecule has 3 heterocycles. The van der Waals surface area contributed by atoms with Gasteiger partial charge in [0.2, 0.25) is 5.95 Å². The molecular formula is C25H26F2N6O3S. The molecule has 12 heteroatoms. The van der Waals surface area contributed by atoms with Gasteiger partial charge in [-0.15, -0.1) is 11.3 Å². The van der Waals surface area contributed by atoms with Gasteiger partial charge >= 0.3 is 0 Å². The number of fused-ring (bicyclic) bond motifs is 1. The zero-order valence-electron chi connectivity index (χ0n) is 20.1. The van der Waals surface area contributed by atoms with Crippen LogP contribution in [0.4, 0.5) is 20.5 Å². The molecule has 1 fully saturated rings. The van der Waals surface area contributed by atoms with Crippen LogP contribution in [0.5, 0.6) is 0 Å². The van der Waals surface area contributed by atoms with E-state index < -0.39 is 35.8 Å². The number of halogens is 2. The molecule has 0 spiro atoms. The summed E-state index contributed by atoms with van der Waals surface area (Å²) < 4.78 is 29.2. The maximum atomic E-state index is 14.1. The van der Waals surface area contributed by atoms with Crippen molar-refractivity contribution in [3.63, 3.8) is 0 Å². The Morgan fingerprint density at radius 3 is 2.54 bits per heavy atom. The van der Waals surface area contributed by atoms with Crippen LogP contribution in [0.3, 0.4) is 0 Å². The number of hydrogen-bond donors (Lipinski definition) is 5. The van der Waals surface area contributed by atoms with Crippen LogP contribution in [0.1, 0.15) is 23.4 Å². The van der Waals surface area contributed by atoms with Gasteiger partial charge in [0, 0.05) is 30.3 Å². The molecule has 1 saturated carbocycles. The second-order valence-electron chi connectivity index (χ2n) is 9.13. The van der Waals surface area contributed by atoms with Crippen LogP contribution in [0.25, 0.3) is 20.8 Å².